The molecule has 0 atom stereocenters. The van der Waals surface area contributed by atoms with Crippen LogP contribution in [-0.2, 0) is 21.4 Å². The summed E-state index contributed by atoms with van der Waals surface area (Å²) in [5.41, 5.74) is 6.15. The zero-order valence-electron chi connectivity index (χ0n) is 12.6. The summed E-state index contributed by atoms with van der Waals surface area (Å²) in [6.07, 6.45) is 2.76. The van der Waals surface area contributed by atoms with E-state index in [2.05, 4.69) is 15.0 Å². The van der Waals surface area contributed by atoms with Gasteiger partial charge in [-0.15, -0.1) is 5.10 Å². The fourth-order valence-electron chi connectivity index (χ4n) is 2.49. The second-order valence-electron chi connectivity index (χ2n) is 5.64. The molecule has 0 saturated heterocycles. The molecule has 0 radical (unpaired) electrons. The minimum absolute atomic E-state index is 0.0000117. The zero-order chi connectivity index (χ0) is 17.3. The summed E-state index contributed by atoms with van der Waals surface area (Å²) in [6, 6.07) is 5.66. The molecule has 1 aromatic carbocycles. The van der Waals surface area contributed by atoms with Crippen molar-refractivity contribution in [2.24, 2.45) is 11.7 Å². The van der Waals surface area contributed by atoms with Crippen LogP contribution in [0.4, 0.5) is 0 Å². The van der Waals surface area contributed by atoms with E-state index in [0.29, 0.717) is 30.1 Å². The standard InChI is InChI=1S/C14H16ClN5O3S/c15-10-1-3-13(4-2-10)24(22,23)18-14(21)9-5-12(6-9)20-8-11(7-16)17-19-20/h1-4,8-9,12H,5-7,16H2,(H,18,21). The third-order valence-electron chi connectivity index (χ3n) is 3.98. The second-order valence-corrected chi connectivity index (χ2v) is 7.76. The minimum atomic E-state index is -3.89. The molecule has 0 spiro atoms. The van der Waals surface area contributed by atoms with Crippen LogP contribution in [0.25, 0.3) is 0 Å². The van der Waals surface area contributed by atoms with Crippen molar-refractivity contribution in [2.45, 2.75) is 30.3 Å². The Morgan fingerprint density at radius 2 is 2.00 bits per heavy atom. The quantitative estimate of drug-likeness (QED) is 0.806. The highest BCUT2D eigenvalue weighted by atomic mass is 35.5. The predicted octanol–water partition coefficient (Wildman–Crippen LogP) is 0.846. The van der Waals surface area contributed by atoms with Crippen molar-refractivity contribution in [1.29, 1.82) is 0 Å². The van der Waals surface area contributed by atoms with Gasteiger partial charge >= 0.3 is 0 Å². The van der Waals surface area contributed by atoms with Crippen molar-refractivity contribution >= 4 is 27.5 Å². The fourth-order valence-corrected chi connectivity index (χ4v) is 3.66. The zero-order valence-corrected chi connectivity index (χ0v) is 14.2. The Morgan fingerprint density at radius 1 is 1.33 bits per heavy atom. The number of carbonyl (C=O) groups excluding carboxylic acids is 1. The van der Waals surface area contributed by atoms with Crippen LogP contribution in [0, 0.1) is 5.92 Å². The highest BCUT2D eigenvalue weighted by Gasteiger charge is 2.38. The second kappa shape index (κ2) is 6.50. The van der Waals surface area contributed by atoms with Crippen LogP contribution in [0.15, 0.2) is 35.4 Å². The Kier molecular flexibility index (Phi) is 4.57. The largest absolute Gasteiger partial charge is 0.325 e. The Hall–Kier alpha value is -1.97. The molecule has 128 valence electrons. The summed E-state index contributed by atoms with van der Waals surface area (Å²) in [5, 5.41) is 8.27. The van der Waals surface area contributed by atoms with Gasteiger partial charge < -0.3 is 5.73 Å². The molecular weight excluding hydrogens is 354 g/mol. The van der Waals surface area contributed by atoms with Gasteiger partial charge in [-0.3, -0.25) is 4.79 Å². The average Bonchev–Trinajstić information content (AvgIpc) is 2.94. The van der Waals surface area contributed by atoms with E-state index in [0.717, 1.165) is 0 Å². The van der Waals surface area contributed by atoms with Crippen LogP contribution in [0.3, 0.4) is 0 Å². The molecular formula is C14H16ClN5O3S. The number of aromatic nitrogens is 3. The third-order valence-corrected chi connectivity index (χ3v) is 5.60. The molecule has 1 saturated carbocycles. The van der Waals surface area contributed by atoms with E-state index in [1.807, 2.05) is 0 Å². The van der Waals surface area contributed by atoms with Gasteiger partial charge in [-0.05, 0) is 37.1 Å². The molecule has 1 aliphatic carbocycles. The number of nitrogens with one attached hydrogen (secondary N) is 1. The van der Waals surface area contributed by atoms with Gasteiger partial charge in [-0.2, -0.15) is 0 Å². The molecule has 0 bridgehead atoms. The molecule has 1 fully saturated rings. The summed E-state index contributed by atoms with van der Waals surface area (Å²) in [4.78, 5) is 12.1. The number of nitrogens with two attached hydrogens (primary N) is 1. The maximum atomic E-state index is 12.2. The lowest BCUT2D eigenvalue weighted by Crippen LogP contribution is -2.42. The Labute approximate surface area is 144 Å². The highest BCUT2D eigenvalue weighted by Crippen LogP contribution is 2.37. The maximum absolute atomic E-state index is 12.2. The minimum Gasteiger partial charge on any atom is -0.325 e. The first kappa shape index (κ1) is 16.9. The number of hydrogen-bond donors (Lipinski definition) is 2. The number of sulfonamides is 1. The molecule has 3 rings (SSSR count). The number of rotatable bonds is 5. The van der Waals surface area contributed by atoms with Gasteiger partial charge in [0, 0.05) is 17.5 Å². The van der Waals surface area contributed by atoms with Crippen molar-refractivity contribution in [2.75, 3.05) is 0 Å². The van der Waals surface area contributed by atoms with Crippen molar-refractivity contribution in [3.05, 3.63) is 41.2 Å². The number of benzene rings is 1. The Balaban J connectivity index is 1.59. The van der Waals surface area contributed by atoms with E-state index in [9.17, 15) is 13.2 Å². The van der Waals surface area contributed by atoms with E-state index in [-0.39, 0.29) is 16.9 Å². The van der Waals surface area contributed by atoms with Gasteiger partial charge in [0.2, 0.25) is 5.91 Å². The highest BCUT2D eigenvalue weighted by molar-refractivity contribution is 7.90. The number of hydrogen-bond acceptors (Lipinski definition) is 6. The number of nitrogens with zero attached hydrogens (tertiary/aromatic N) is 3. The summed E-state index contributed by atoms with van der Waals surface area (Å²) < 4.78 is 28.1. The molecule has 1 amide bonds. The van der Waals surface area contributed by atoms with E-state index in [1.165, 1.54) is 24.3 Å². The van der Waals surface area contributed by atoms with Crippen LogP contribution in [0.1, 0.15) is 24.6 Å². The first-order chi connectivity index (χ1) is 11.4. The smallest absolute Gasteiger partial charge is 0.264 e. The summed E-state index contributed by atoms with van der Waals surface area (Å²) in [7, 11) is -3.89. The predicted molar refractivity (Wildman–Crippen MR) is 86.5 cm³/mol. The van der Waals surface area contributed by atoms with Gasteiger partial charge in [0.1, 0.15) is 0 Å². The lowest BCUT2D eigenvalue weighted by molar-refractivity contribution is -0.127. The molecule has 2 aromatic rings. The van der Waals surface area contributed by atoms with E-state index in [1.54, 1.807) is 10.9 Å². The number of halogens is 1. The van der Waals surface area contributed by atoms with Gasteiger partial charge in [0.05, 0.1) is 22.8 Å². The number of carbonyl (C=O) groups is 1. The van der Waals surface area contributed by atoms with Crippen molar-refractivity contribution in [3.63, 3.8) is 0 Å². The SMILES string of the molecule is NCc1cn(C2CC(C(=O)NS(=O)(=O)c3ccc(Cl)cc3)C2)nn1. The molecule has 24 heavy (non-hydrogen) atoms. The van der Waals surface area contributed by atoms with E-state index >= 15 is 0 Å². The monoisotopic (exact) mass is 369 g/mol. The van der Waals surface area contributed by atoms with E-state index < -0.39 is 15.9 Å². The lowest BCUT2D eigenvalue weighted by Gasteiger charge is -2.33. The summed E-state index contributed by atoms with van der Waals surface area (Å²) in [6.45, 7) is 0.302. The first-order valence-electron chi connectivity index (χ1n) is 7.32. The molecule has 1 aliphatic rings. The van der Waals surface area contributed by atoms with Crippen LogP contribution >= 0.6 is 11.6 Å². The molecule has 0 unspecified atom stereocenters. The van der Waals surface area contributed by atoms with Crippen LogP contribution in [0.5, 0.6) is 0 Å². The lowest BCUT2D eigenvalue weighted by atomic mass is 9.80. The maximum Gasteiger partial charge on any atom is 0.264 e. The summed E-state index contributed by atoms with van der Waals surface area (Å²) in [5.74, 6) is -0.886. The molecule has 8 nitrogen and oxygen atoms in total. The van der Waals surface area contributed by atoms with Gasteiger partial charge in [-0.1, -0.05) is 16.8 Å². The van der Waals surface area contributed by atoms with Gasteiger partial charge in [0.25, 0.3) is 10.0 Å². The van der Waals surface area contributed by atoms with Crippen molar-refractivity contribution < 1.29 is 13.2 Å². The topological polar surface area (TPSA) is 120 Å². The molecule has 1 aromatic heterocycles. The van der Waals surface area contributed by atoms with Gasteiger partial charge in [0.15, 0.2) is 0 Å². The first-order valence-corrected chi connectivity index (χ1v) is 9.18. The Bertz CT molecular complexity index is 844. The molecule has 3 N–H and O–H groups in total. The van der Waals surface area contributed by atoms with Crippen molar-refractivity contribution in [3.8, 4) is 0 Å². The van der Waals surface area contributed by atoms with Crippen LogP contribution in [-0.4, -0.2) is 29.3 Å². The fraction of sp³-hybridized carbons (Fsp3) is 0.357. The summed E-state index contributed by atoms with van der Waals surface area (Å²) >= 11 is 5.73. The number of amides is 1. The van der Waals surface area contributed by atoms with Crippen LogP contribution in [0.2, 0.25) is 5.02 Å². The average molecular weight is 370 g/mol. The normalized spacial score (nSPS) is 20.4. The van der Waals surface area contributed by atoms with Gasteiger partial charge in [-0.25, -0.2) is 17.8 Å². The molecule has 0 aliphatic heterocycles. The molecule has 1 heterocycles. The molecule has 10 heteroatoms. The third kappa shape index (κ3) is 3.42. The van der Waals surface area contributed by atoms with E-state index in [4.69, 9.17) is 17.3 Å². The Morgan fingerprint density at radius 3 is 2.58 bits per heavy atom. The van der Waals surface area contributed by atoms with Crippen LogP contribution < -0.4 is 10.5 Å². The van der Waals surface area contributed by atoms with Crippen molar-refractivity contribution in [1.82, 2.24) is 19.7 Å².